The van der Waals surface area contributed by atoms with Crippen LogP contribution < -0.4 is 10.2 Å². The number of aryl methyl sites for hydroxylation is 1. The molecule has 8 nitrogen and oxygen atoms in total. The average molecular weight is 425 g/mol. The van der Waals surface area contributed by atoms with Gasteiger partial charge in [0, 0.05) is 76.7 Å². The highest BCUT2D eigenvalue weighted by Crippen LogP contribution is 2.19. The van der Waals surface area contributed by atoms with E-state index in [0.29, 0.717) is 0 Å². The van der Waals surface area contributed by atoms with E-state index in [0.717, 1.165) is 62.6 Å². The summed E-state index contributed by atoms with van der Waals surface area (Å²) in [5.74, 6) is 1.88. The Hall–Kier alpha value is -2.94. The van der Waals surface area contributed by atoms with Crippen molar-refractivity contribution in [1.29, 1.82) is 0 Å². The van der Waals surface area contributed by atoms with E-state index in [1.54, 1.807) is 0 Å². The van der Waals surface area contributed by atoms with E-state index in [4.69, 9.17) is 0 Å². The molecule has 0 radical (unpaired) electrons. The summed E-state index contributed by atoms with van der Waals surface area (Å²) < 4.78 is 6.48. The largest absolute Gasteiger partial charge is 0.352 e. The lowest BCUT2D eigenvalue weighted by Crippen LogP contribution is -2.52. The van der Waals surface area contributed by atoms with Crippen LogP contribution in [0.25, 0.3) is 0 Å². The van der Waals surface area contributed by atoms with Crippen molar-refractivity contribution in [3.63, 3.8) is 0 Å². The number of guanidine groups is 1. The molecule has 1 aromatic carbocycles. The summed E-state index contributed by atoms with van der Waals surface area (Å²) in [5.41, 5.74) is 2.51. The van der Waals surface area contributed by atoms with Crippen LogP contribution in [0.15, 0.2) is 48.0 Å². The molecule has 1 N–H and O–H groups in total. The van der Waals surface area contributed by atoms with Crippen LogP contribution in [0.3, 0.4) is 0 Å². The number of hydrogen-bond donors (Lipinski definition) is 1. The molecule has 0 amide bonds. The molecule has 2 aromatic heterocycles. The Bertz CT molecular complexity index is 957. The summed E-state index contributed by atoms with van der Waals surface area (Å²) in [6.07, 6.45) is 6.52. The minimum absolute atomic E-state index is 0.751. The summed E-state index contributed by atoms with van der Waals surface area (Å²) in [5, 5.41) is 4.55. The lowest BCUT2D eigenvalue weighted by molar-refractivity contribution is 0.372. The van der Waals surface area contributed by atoms with Gasteiger partial charge in [0.05, 0.1) is 6.33 Å². The zero-order chi connectivity index (χ0) is 20.8. The second kappa shape index (κ2) is 9.71. The van der Waals surface area contributed by atoms with Gasteiger partial charge in [0.1, 0.15) is 5.82 Å². The zero-order valence-electron chi connectivity index (χ0n) is 17.5. The lowest BCUT2D eigenvalue weighted by atomic mass is 10.1. The third-order valence-corrected chi connectivity index (χ3v) is 6.02. The number of rotatable bonds is 6. The van der Waals surface area contributed by atoms with Crippen molar-refractivity contribution in [2.24, 2.45) is 4.99 Å². The quantitative estimate of drug-likeness (QED) is 0.483. The summed E-state index contributed by atoms with van der Waals surface area (Å²) in [7, 11) is 1.85. The lowest BCUT2D eigenvalue weighted by Gasteiger charge is -2.36. The van der Waals surface area contributed by atoms with Crippen LogP contribution in [0.1, 0.15) is 23.9 Å². The van der Waals surface area contributed by atoms with Gasteiger partial charge in [-0.05, 0) is 11.1 Å². The number of hydrogen-bond acceptors (Lipinski definition) is 6. The number of benzene rings is 1. The fourth-order valence-corrected chi connectivity index (χ4v) is 4.37. The van der Waals surface area contributed by atoms with Gasteiger partial charge in [0.2, 0.25) is 5.13 Å². The molecule has 1 aliphatic rings. The molecule has 30 heavy (non-hydrogen) atoms. The van der Waals surface area contributed by atoms with Crippen LogP contribution in [0.2, 0.25) is 0 Å². The summed E-state index contributed by atoms with van der Waals surface area (Å²) in [6.45, 7) is 7.37. The van der Waals surface area contributed by atoms with Crippen LogP contribution in [0.5, 0.6) is 0 Å². The van der Waals surface area contributed by atoms with Crippen molar-refractivity contribution in [1.82, 2.24) is 29.1 Å². The van der Waals surface area contributed by atoms with Gasteiger partial charge < -0.3 is 19.7 Å². The van der Waals surface area contributed by atoms with E-state index in [2.05, 4.69) is 70.2 Å². The highest BCUT2D eigenvalue weighted by Gasteiger charge is 2.22. The van der Waals surface area contributed by atoms with Crippen molar-refractivity contribution in [3.8, 4) is 0 Å². The predicted molar refractivity (Wildman–Crippen MR) is 121 cm³/mol. The summed E-state index contributed by atoms with van der Waals surface area (Å²) in [4.78, 5) is 17.9. The van der Waals surface area contributed by atoms with E-state index in [9.17, 15) is 0 Å². The average Bonchev–Trinajstić information content (AvgIpc) is 3.47. The molecule has 0 unspecified atom stereocenters. The van der Waals surface area contributed by atoms with Crippen LogP contribution in [-0.4, -0.2) is 63.0 Å². The van der Waals surface area contributed by atoms with E-state index in [1.807, 2.05) is 25.8 Å². The van der Waals surface area contributed by atoms with E-state index in [1.165, 1.54) is 22.7 Å². The van der Waals surface area contributed by atoms with Gasteiger partial charge in [0.15, 0.2) is 5.96 Å². The Balaban J connectivity index is 1.30. The molecule has 3 aromatic rings. The minimum Gasteiger partial charge on any atom is -0.352 e. The van der Waals surface area contributed by atoms with Crippen molar-refractivity contribution < 1.29 is 0 Å². The van der Waals surface area contributed by atoms with Gasteiger partial charge in [-0.15, -0.1) is 0 Å². The monoisotopic (exact) mass is 424 g/mol. The van der Waals surface area contributed by atoms with Crippen molar-refractivity contribution in [2.75, 3.05) is 38.1 Å². The molecule has 9 heteroatoms. The van der Waals surface area contributed by atoms with Crippen LogP contribution in [0, 0.1) is 0 Å². The third-order valence-electron chi connectivity index (χ3n) is 5.20. The summed E-state index contributed by atoms with van der Waals surface area (Å²) in [6, 6.07) is 8.64. The van der Waals surface area contributed by atoms with Gasteiger partial charge in [-0.2, -0.15) is 4.37 Å². The molecule has 0 aliphatic carbocycles. The van der Waals surface area contributed by atoms with Gasteiger partial charge >= 0.3 is 0 Å². The van der Waals surface area contributed by atoms with Gasteiger partial charge in [-0.25, -0.2) is 9.97 Å². The maximum absolute atomic E-state index is 4.62. The normalized spacial score (nSPS) is 14.9. The van der Waals surface area contributed by atoms with E-state index >= 15 is 0 Å². The molecule has 1 saturated heterocycles. The Morgan fingerprint density at radius 3 is 2.73 bits per heavy atom. The molecule has 0 saturated carbocycles. The van der Waals surface area contributed by atoms with Crippen LogP contribution in [0.4, 0.5) is 5.13 Å². The van der Waals surface area contributed by atoms with Gasteiger partial charge in [-0.1, -0.05) is 31.2 Å². The predicted octanol–water partition coefficient (Wildman–Crippen LogP) is 2.24. The van der Waals surface area contributed by atoms with Crippen LogP contribution >= 0.6 is 11.5 Å². The highest BCUT2D eigenvalue weighted by atomic mass is 32.1. The van der Waals surface area contributed by atoms with Crippen LogP contribution in [-0.2, 0) is 19.5 Å². The summed E-state index contributed by atoms with van der Waals surface area (Å²) >= 11 is 1.50. The van der Waals surface area contributed by atoms with E-state index in [-0.39, 0.29) is 0 Å². The SMILES string of the molecule is CCc1nsc(N2CCN(C(=NC)NCc3cccc(Cn4ccnc4)c3)CC2)n1. The molecule has 0 bridgehead atoms. The highest BCUT2D eigenvalue weighted by molar-refractivity contribution is 7.09. The Morgan fingerprint density at radius 1 is 1.20 bits per heavy atom. The molecule has 1 fully saturated rings. The van der Waals surface area contributed by atoms with Gasteiger partial charge in [0.25, 0.3) is 0 Å². The topological polar surface area (TPSA) is 74.5 Å². The zero-order valence-corrected chi connectivity index (χ0v) is 18.3. The first-order chi connectivity index (χ1) is 14.7. The molecule has 0 atom stereocenters. The number of anilines is 1. The molecule has 4 rings (SSSR count). The Kier molecular flexibility index (Phi) is 6.58. The molecular formula is C21H28N8S. The minimum atomic E-state index is 0.751. The molecule has 158 valence electrons. The van der Waals surface area contributed by atoms with Crippen molar-refractivity contribution in [2.45, 2.75) is 26.4 Å². The number of nitrogens with one attached hydrogen (secondary N) is 1. The molecular weight excluding hydrogens is 396 g/mol. The smallest absolute Gasteiger partial charge is 0.205 e. The number of nitrogens with zero attached hydrogens (tertiary/aromatic N) is 7. The first-order valence-electron chi connectivity index (χ1n) is 10.3. The third kappa shape index (κ3) is 4.96. The molecule has 3 heterocycles. The fourth-order valence-electron chi connectivity index (χ4n) is 3.57. The number of piperazine rings is 1. The first kappa shape index (κ1) is 20.3. The molecule has 1 aliphatic heterocycles. The van der Waals surface area contributed by atoms with Crippen molar-refractivity contribution >= 4 is 22.6 Å². The van der Waals surface area contributed by atoms with Crippen molar-refractivity contribution in [3.05, 3.63) is 59.9 Å². The molecule has 0 spiro atoms. The number of aliphatic imine (C=N–C) groups is 1. The fraction of sp³-hybridized carbons (Fsp3) is 0.429. The standard InChI is InChI=1S/C21H28N8S/c1-3-19-25-21(30-26-19)29-11-9-28(10-12-29)20(22-2)24-14-17-5-4-6-18(13-17)15-27-8-7-23-16-27/h4-8,13,16H,3,9-12,14-15H2,1-2H3,(H,22,24). The maximum atomic E-state index is 4.62. The second-order valence-electron chi connectivity index (χ2n) is 7.28. The first-order valence-corrected chi connectivity index (χ1v) is 11.1. The van der Waals surface area contributed by atoms with Gasteiger partial charge in [-0.3, -0.25) is 4.99 Å². The maximum Gasteiger partial charge on any atom is 0.205 e. The second-order valence-corrected chi connectivity index (χ2v) is 8.01. The number of aromatic nitrogens is 4. The Morgan fingerprint density at radius 2 is 2.03 bits per heavy atom. The van der Waals surface area contributed by atoms with E-state index < -0.39 is 0 Å². The Labute approximate surface area is 181 Å². The number of imidazole rings is 1.